The van der Waals surface area contributed by atoms with Crippen LogP contribution in [0.1, 0.15) is 31.5 Å². The average molecular weight is 331 g/mol. The van der Waals surface area contributed by atoms with E-state index in [-0.39, 0.29) is 5.91 Å². The molecule has 0 bridgehead atoms. The van der Waals surface area contributed by atoms with E-state index in [1.54, 1.807) is 13.0 Å². The van der Waals surface area contributed by atoms with Gasteiger partial charge in [-0.3, -0.25) is 4.79 Å². The summed E-state index contributed by atoms with van der Waals surface area (Å²) in [6.45, 7) is 1.72. The number of fused-ring (bicyclic) bond motifs is 1. The van der Waals surface area contributed by atoms with Gasteiger partial charge in [0.15, 0.2) is 6.10 Å². The monoisotopic (exact) mass is 330 g/mol. The second-order valence-corrected chi connectivity index (χ2v) is 6.18. The first-order valence-corrected chi connectivity index (χ1v) is 7.89. The van der Waals surface area contributed by atoms with E-state index in [0.29, 0.717) is 28.3 Å². The molecule has 4 rings (SSSR count). The highest BCUT2D eigenvalue weighted by atomic mass is 35.5. The number of amides is 1. The first-order chi connectivity index (χ1) is 11.1. The van der Waals surface area contributed by atoms with Gasteiger partial charge in [-0.1, -0.05) is 11.6 Å². The first kappa shape index (κ1) is 14.3. The Kier molecular flexibility index (Phi) is 3.34. The number of ether oxygens (including phenoxy) is 1. The maximum absolute atomic E-state index is 11.7. The van der Waals surface area contributed by atoms with Gasteiger partial charge in [0.05, 0.1) is 5.69 Å². The number of benzene rings is 1. The summed E-state index contributed by atoms with van der Waals surface area (Å²) in [5, 5.41) is 6.45. The Balaban J connectivity index is 1.60. The summed E-state index contributed by atoms with van der Waals surface area (Å²) < 4.78 is 5.54. The molecule has 1 fully saturated rings. The zero-order valence-corrected chi connectivity index (χ0v) is 13.2. The van der Waals surface area contributed by atoms with Crippen LogP contribution in [0.25, 0.3) is 0 Å². The van der Waals surface area contributed by atoms with E-state index >= 15 is 0 Å². The van der Waals surface area contributed by atoms with Crippen LogP contribution in [-0.4, -0.2) is 22.0 Å². The Morgan fingerprint density at radius 3 is 2.91 bits per heavy atom. The molecule has 0 spiro atoms. The predicted molar refractivity (Wildman–Crippen MR) is 87.5 cm³/mol. The SMILES string of the molecule is CC1Oc2ccc(Nc3cc(Cl)nc(C4CC4)n3)cc2NC1=O. The van der Waals surface area contributed by atoms with Crippen LogP contribution in [0.15, 0.2) is 24.3 Å². The molecule has 118 valence electrons. The van der Waals surface area contributed by atoms with Gasteiger partial charge in [-0.15, -0.1) is 0 Å². The van der Waals surface area contributed by atoms with Gasteiger partial charge in [0.2, 0.25) is 0 Å². The summed E-state index contributed by atoms with van der Waals surface area (Å²) in [5.41, 5.74) is 1.43. The first-order valence-electron chi connectivity index (χ1n) is 7.51. The minimum atomic E-state index is -0.483. The van der Waals surface area contributed by atoms with Crippen molar-refractivity contribution < 1.29 is 9.53 Å². The number of nitrogens with zero attached hydrogens (tertiary/aromatic N) is 2. The van der Waals surface area contributed by atoms with Gasteiger partial charge in [0.25, 0.3) is 5.91 Å². The van der Waals surface area contributed by atoms with E-state index in [9.17, 15) is 4.79 Å². The standard InChI is InChI=1S/C16H15ClN4O2/c1-8-16(22)19-11-6-10(4-5-12(11)23-8)18-14-7-13(17)20-15(21-14)9-2-3-9/h4-9H,2-3H2,1H3,(H,19,22)(H,18,20,21). The molecule has 1 amide bonds. The van der Waals surface area contributed by atoms with Crippen LogP contribution in [-0.2, 0) is 4.79 Å². The molecular weight excluding hydrogens is 316 g/mol. The molecule has 1 aliphatic heterocycles. The lowest BCUT2D eigenvalue weighted by Crippen LogP contribution is -2.34. The van der Waals surface area contributed by atoms with Gasteiger partial charge in [0.1, 0.15) is 22.5 Å². The summed E-state index contributed by atoms with van der Waals surface area (Å²) in [7, 11) is 0. The Morgan fingerprint density at radius 1 is 1.30 bits per heavy atom. The van der Waals surface area contributed by atoms with E-state index in [1.165, 1.54) is 0 Å². The molecule has 7 heteroatoms. The van der Waals surface area contributed by atoms with Gasteiger partial charge >= 0.3 is 0 Å². The number of aromatic nitrogens is 2. The third-order valence-electron chi connectivity index (χ3n) is 3.84. The molecule has 1 aromatic heterocycles. The van der Waals surface area contributed by atoms with Crippen molar-refractivity contribution in [2.45, 2.75) is 31.8 Å². The molecule has 1 aliphatic carbocycles. The number of anilines is 3. The van der Waals surface area contributed by atoms with Gasteiger partial charge in [-0.25, -0.2) is 9.97 Å². The maximum atomic E-state index is 11.7. The van der Waals surface area contributed by atoms with Crippen molar-refractivity contribution in [3.8, 4) is 5.75 Å². The lowest BCUT2D eigenvalue weighted by Gasteiger charge is -2.23. The molecular formula is C16H15ClN4O2. The van der Waals surface area contributed by atoms with E-state index in [1.807, 2.05) is 18.2 Å². The molecule has 23 heavy (non-hydrogen) atoms. The van der Waals surface area contributed by atoms with Crippen LogP contribution in [0, 0.1) is 0 Å². The van der Waals surface area contributed by atoms with E-state index in [4.69, 9.17) is 16.3 Å². The van der Waals surface area contributed by atoms with Crippen LogP contribution < -0.4 is 15.4 Å². The predicted octanol–water partition coefficient (Wildman–Crippen LogP) is 3.47. The van der Waals surface area contributed by atoms with Gasteiger partial charge in [-0.2, -0.15) is 0 Å². The van der Waals surface area contributed by atoms with Crippen molar-refractivity contribution in [2.24, 2.45) is 0 Å². The molecule has 1 saturated carbocycles. The van der Waals surface area contributed by atoms with Crippen LogP contribution in [0.3, 0.4) is 0 Å². The highest BCUT2D eigenvalue weighted by molar-refractivity contribution is 6.29. The number of nitrogens with one attached hydrogen (secondary N) is 2. The minimum absolute atomic E-state index is 0.157. The third kappa shape index (κ3) is 2.94. The second kappa shape index (κ2) is 5.38. The Hall–Kier alpha value is -2.34. The summed E-state index contributed by atoms with van der Waals surface area (Å²) in [4.78, 5) is 20.5. The quantitative estimate of drug-likeness (QED) is 0.843. The van der Waals surface area contributed by atoms with Crippen LogP contribution in [0.4, 0.5) is 17.2 Å². The van der Waals surface area contributed by atoms with E-state index < -0.39 is 6.10 Å². The summed E-state index contributed by atoms with van der Waals surface area (Å²) in [6, 6.07) is 7.18. The van der Waals surface area contributed by atoms with Crippen molar-refractivity contribution in [3.05, 3.63) is 35.2 Å². The van der Waals surface area contributed by atoms with E-state index in [2.05, 4.69) is 20.6 Å². The highest BCUT2D eigenvalue weighted by Gasteiger charge is 2.27. The Morgan fingerprint density at radius 2 is 2.13 bits per heavy atom. The van der Waals surface area contributed by atoms with Crippen molar-refractivity contribution in [1.82, 2.24) is 9.97 Å². The van der Waals surface area contributed by atoms with E-state index in [0.717, 1.165) is 24.4 Å². The van der Waals surface area contributed by atoms with Gasteiger partial charge < -0.3 is 15.4 Å². The minimum Gasteiger partial charge on any atom is -0.479 e. The molecule has 6 nitrogen and oxygen atoms in total. The van der Waals surface area contributed by atoms with Gasteiger partial charge in [0, 0.05) is 17.7 Å². The number of rotatable bonds is 3. The topological polar surface area (TPSA) is 76.1 Å². The van der Waals surface area contributed by atoms with Crippen molar-refractivity contribution in [2.75, 3.05) is 10.6 Å². The number of hydrogen-bond donors (Lipinski definition) is 2. The zero-order chi connectivity index (χ0) is 16.0. The van der Waals surface area contributed by atoms with Crippen molar-refractivity contribution in [1.29, 1.82) is 0 Å². The molecule has 1 unspecified atom stereocenters. The Labute approximate surface area is 138 Å². The summed E-state index contributed by atoms with van der Waals surface area (Å²) in [5.74, 6) is 2.34. The van der Waals surface area contributed by atoms with Crippen LogP contribution in [0.5, 0.6) is 5.75 Å². The van der Waals surface area contributed by atoms with Crippen molar-refractivity contribution >= 4 is 34.7 Å². The zero-order valence-electron chi connectivity index (χ0n) is 12.5. The lowest BCUT2D eigenvalue weighted by atomic mass is 10.2. The number of hydrogen-bond acceptors (Lipinski definition) is 5. The number of halogens is 1. The van der Waals surface area contributed by atoms with Crippen LogP contribution in [0.2, 0.25) is 5.15 Å². The average Bonchev–Trinajstić information content (AvgIpc) is 3.33. The number of carbonyl (C=O) groups is 1. The highest BCUT2D eigenvalue weighted by Crippen LogP contribution is 2.39. The molecule has 2 aliphatic rings. The summed E-state index contributed by atoms with van der Waals surface area (Å²) >= 11 is 6.07. The van der Waals surface area contributed by atoms with Gasteiger partial charge in [-0.05, 0) is 38.0 Å². The fraction of sp³-hybridized carbons (Fsp3) is 0.312. The molecule has 2 heterocycles. The molecule has 0 saturated heterocycles. The smallest absolute Gasteiger partial charge is 0.265 e. The molecule has 0 radical (unpaired) electrons. The fourth-order valence-electron chi connectivity index (χ4n) is 2.46. The molecule has 1 aromatic carbocycles. The molecule has 2 aromatic rings. The largest absolute Gasteiger partial charge is 0.479 e. The maximum Gasteiger partial charge on any atom is 0.265 e. The number of carbonyl (C=O) groups excluding carboxylic acids is 1. The molecule has 1 atom stereocenters. The lowest BCUT2D eigenvalue weighted by molar-refractivity contribution is -0.122. The second-order valence-electron chi connectivity index (χ2n) is 5.79. The normalized spacial score (nSPS) is 19.6. The Bertz CT molecular complexity index is 792. The molecule has 2 N–H and O–H groups in total. The van der Waals surface area contributed by atoms with Crippen LogP contribution >= 0.6 is 11.6 Å². The fourth-order valence-corrected chi connectivity index (χ4v) is 2.65. The summed E-state index contributed by atoms with van der Waals surface area (Å²) in [6.07, 6.45) is 1.74. The van der Waals surface area contributed by atoms with Crippen molar-refractivity contribution in [3.63, 3.8) is 0 Å². The third-order valence-corrected chi connectivity index (χ3v) is 4.03.